The van der Waals surface area contributed by atoms with Gasteiger partial charge in [0, 0.05) is 11.6 Å². The Morgan fingerprint density at radius 2 is 2.31 bits per heavy atom. The zero-order chi connectivity index (χ0) is 19.1. The van der Waals surface area contributed by atoms with Crippen LogP contribution in [-0.2, 0) is 4.74 Å². The van der Waals surface area contributed by atoms with Crippen molar-refractivity contribution in [1.29, 1.82) is 0 Å². The molecule has 2 aromatic heterocycles. The lowest BCUT2D eigenvalue weighted by Gasteiger charge is -2.27. The van der Waals surface area contributed by atoms with E-state index in [2.05, 4.69) is 16.5 Å². The van der Waals surface area contributed by atoms with E-state index < -0.39 is 11.7 Å². The van der Waals surface area contributed by atoms with E-state index in [9.17, 15) is 4.79 Å². The molecule has 0 aromatic carbocycles. The van der Waals surface area contributed by atoms with Gasteiger partial charge in [0.05, 0.1) is 18.2 Å². The fourth-order valence-corrected chi connectivity index (χ4v) is 4.12. The Morgan fingerprint density at radius 1 is 1.58 bits per heavy atom. The van der Waals surface area contributed by atoms with Crippen LogP contribution >= 0.6 is 11.8 Å². The zero-order valence-electron chi connectivity index (χ0n) is 15.6. The first-order chi connectivity index (χ1) is 12.3. The highest BCUT2D eigenvalue weighted by Gasteiger charge is 2.42. The van der Waals surface area contributed by atoms with Crippen molar-refractivity contribution in [2.75, 3.05) is 12.9 Å². The molecule has 0 bridgehead atoms. The smallest absolute Gasteiger partial charge is 0.263 e. The first-order valence-corrected chi connectivity index (χ1v) is 10.0. The van der Waals surface area contributed by atoms with E-state index in [1.54, 1.807) is 13.1 Å². The second-order valence-corrected chi connectivity index (χ2v) is 7.58. The number of ether oxygens (including phenoxy) is 1. The molecule has 0 unspecified atom stereocenters. The molecule has 1 aliphatic carbocycles. The van der Waals surface area contributed by atoms with Gasteiger partial charge >= 0.3 is 0 Å². The number of hydrogen-bond acceptors (Lipinski definition) is 5. The number of halogens is 1. The lowest BCUT2D eigenvalue weighted by molar-refractivity contribution is 0.137. The predicted octanol–water partition coefficient (Wildman–Crippen LogP) is 4.28. The van der Waals surface area contributed by atoms with Crippen LogP contribution in [0.5, 0.6) is 0 Å². The Kier molecular flexibility index (Phi) is 5.10. The molecular formula is C19H24FN3O2S. The van der Waals surface area contributed by atoms with Crippen LogP contribution in [0.4, 0.5) is 4.39 Å². The number of alkyl halides is 1. The van der Waals surface area contributed by atoms with Crippen LogP contribution in [0, 0.1) is 6.92 Å². The van der Waals surface area contributed by atoms with Crippen LogP contribution in [0.1, 0.15) is 50.3 Å². The topological polar surface area (TPSA) is 57.0 Å². The van der Waals surface area contributed by atoms with Crippen LogP contribution in [-0.4, -0.2) is 33.1 Å². The number of pyridine rings is 1. The SMILES string of the molecule is C=C(OCC)c1c(C)c2cnc(SC)nc2n([C@@H]2CCC[C@]2(C)F)c1=O. The number of hydrogen-bond donors (Lipinski definition) is 0. The number of fused-ring (bicyclic) bond motifs is 1. The van der Waals surface area contributed by atoms with Crippen molar-refractivity contribution in [1.82, 2.24) is 14.5 Å². The van der Waals surface area contributed by atoms with Crippen LogP contribution in [0.3, 0.4) is 0 Å². The van der Waals surface area contributed by atoms with Gasteiger partial charge in [-0.15, -0.1) is 0 Å². The maximum Gasteiger partial charge on any atom is 0.263 e. The van der Waals surface area contributed by atoms with Crippen molar-refractivity contribution >= 4 is 28.6 Å². The van der Waals surface area contributed by atoms with E-state index >= 15 is 4.39 Å². The van der Waals surface area contributed by atoms with Gasteiger partial charge in [0.1, 0.15) is 17.1 Å². The summed E-state index contributed by atoms with van der Waals surface area (Å²) in [5, 5.41) is 1.28. The fourth-order valence-electron chi connectivity index (χ4n) is 3.79. The normalized spacial score (nSPS) is 22.7. The van der Waals surface area contributed by atoms with E-state index in [-0.39, 0.29) is 5.56 Å². The average Bonchev–Trinajstić information content (AvgIpc) is 2.94. The number of aryl methyl sites for hydroxylation is 1. The van der Waals surface area contributed by atoms with Gasteiger partial charge in [-0.05, 0) is 51.9 Å². The molecule has 1 saturated carbocycles. The summed E-state index contributed by atoms with van der Waals surface area (Å²) in [6.45, 7) is 9.55. The van der Waals surface area contributed by atoms with Gasteiger partial charge in [0.25, 0.3) is 5.56 Å². The number of aromatic nitrogens is 3. The molecule has 2 heterocycles. The molecule has 0 radical (unpaired) electrons. The molecule has 0 N–H and O–H groups in total. The van der Waals surface area contributed by atoms with Crippen molar-refractivity contribution in [3.63, 3.8) is 0 Å². The summed E-state index contributed by atoms with van der Waals surface area (Å²) in [4.78, 5) is 22.3. The number of thioether (sulfide) groups is 1. The molecule has 0 aliphatic heterocycles. The lowest BCUT2D eigenvalue weighted by atomic mass is 10.00. The van der Waals surface area contributed by atoms with Gasteiger partial charge < -0.3 is 4.74 Å². The first-order valence-electron chi connectivity index (χ1n) is 8.78. The highest BCUT2D eigenvalue weighted by atomic mass is 32.2. The highest BCUT2D eigenvalue weighted by Crippen LogP contribution is 2.43. The van der Waals surface area contributed by atoms with Gasteiger partial charge in [-0.1, -0.05) is 18.3 Å². The number of rotatable bonds is 5. The van der Waals surface area contributed by atoms with E-state index in [0.29, 0.717) is 47.1 Å². The quantitative estimate of drug-likeness (QED) is 0.442. The molecule has 26 heavy (non-hydrogen) atoms. The molecule has 3 rings (SSSR count). The summed E-state index contributed by atoms with van der Waals surface area (Å²) >= 11 is 1.39. The minimum Gasteiger partial charge on any atom is -0.494 e. The minimum atomic E-state index is -1.46. The minimum absolute atomic E-state index is 0.296. The third-order valence-electron chi connectivity index (χ3n) is 5.12. The zero-order valence-corrected chi connectivity index (χ0v) is 16.5. The summed E-state index contributed by atoms with van der Waals surface area (Å²) in [5.74, 6) is 0.304. The monoisotopic (exact) mass is 377 g/mol. The molecule has 0 saturated heterocycles. The number of nitrogens with zero attached hydrogens (tertiary/aromatic N) is 3. The van der Waals surface area contributed by atoms with E-state index in [0.717, 1.165) is 11.8 Å². The standard InChI is InChI=1S/C19H24FN3O2S/c1-6-25-12(3)15-11(2)13-10-21-18(26-5)22-16(13)23(17(15)24)14-8-7-9-19(14,4)20/h10,14H,3,6-9H2,1-2,4-5H3/t14-,19+/m1/s1. The fraction of sp³-hybridized carbons (Fsp3) is 0.526. The largest absolute Gasteiger partial charge is 0.494 e. The van der Waals surface area contributed by atoms with Gasteiger partial charge in [0.15, 0.2) is 5.16 Å². The Labute approximate surface area is 156 Å². The van der Waals surface area contributed by atoms with Gasteiger partial charge in [-0.25, -0.2) is 14.4 Å². The van der Waals surface area contributed by atoms with Gasteiger partial charge in [-0.3, -0.25) is 9.36 Å². The summed E-state index contributed by atoms with van der Waals surface area (Å²) in [6, 6.07) is -0.559. The highest BCUT2D eigenvalue weighted by molar-refractivity contribution is 7.98. The molecule has 5 nitrogen and oxygen atoms in total. The molecule has 2 atom stereocenters. The van der Waals surface area contributed by atoms with Crippen LogP contribution in [0.25, 0.3) is 16.8 Å². The maximum absolute atomic E-state index is 15.2. The lowest BCUT2D eigenvalue weighted by Crippen LogP contribution is -2.36. The Hall–Kier alpha value is -1.89. The van der Waals surface area contributed by atoms with Crippen LogP contribution in [0.2, 0.25) is 0 Å². The third-order valence-corrected chi connectivity index (χ3v) is 5.68. The summed E-state index contributed by atoms with van der Waals surface area (Å²) in [5.41, 5.74) is -0.181. The van der Waals surface area contributed by atoms with Gasteiger partial charge in [-0.2, -0.15) is 0 Å². The Balaban J connectivity index is 2.39. The average molecular weight is 377 g/mol. The first kappa shape index (κ1) is 18.9. The molecule has 0 amide bonds. The molecule has 7 heteroatoms. The maximum atomic E-state index is 15.2. The van der Waals surface area contributed by atoms with Crippen molar-refractivity contribution < 1.29 is 9.13 Å². The summed E-state index contributed by atoms with van der Waals surface area (Å²) in [7, 11) is 0. The summed E-state index contributed by atoms with van der Waals surface area (Å²) in [6.07, 6.45) is 5.34. The second kappa shape index (κ2) is 7.02. The predicted molar refractivity (Wildman–Crippen MR) is 103 cm³/mol. The van der Waals surface area contributed by atoms with E-state index in [4.69, 9.17) is 4.74 Å². The van der Waals surface area contributed by atoms with E-state index in [1.165, 1.54) is 16.3 Å². The van der Waals surface area contributed by atoms with Crippen LogP contribution < -0.4 is 5.56 Å². The molecule has 0 spiro atoms. The molecule has 1 fully saturated rings. The van der Waals surface area contributed by atoms with Crippen molar-refractivity contribution in [2.45, 2.75) is 56.9 Å². The Morgan fingerprint density at radius 3 is 2.88 bits per heavy atom. The molecular weight excluding hydrogens is 353 g/mol. The molecule has 2 aromatic rings. The van der Waals surface area contributed by atoms with Crippen LogP contribution in [0.15, 0.2) is 22.7 Å². The van der Waals surface area contributed by atoms with E-state index in [1.807, 2.05) is 20.1 Å². The summed E-state index contributed by atoms with van der Waals surface area (Å²) < 4.78 is 22.2. The third kappa shape index (κ3) is 3.02. The Bertz CT molecular complexity index is 923. The second-order valence-electron chi connectivity index (χ2n) is 6.81. The van der Waals surface area contributed by atoms with Gasteiger partial charge in [0.2, 0.25) is 0 Å². The van der Waals surface area contributed by atoms with Crippen molar-refractivity contribution in [3.8, 4) is 0 Å². The molecule has 1 aliphatic rings. The molecule has 140 valence electrons. The van der Waals surface area contributed by atoms with Crippen molar-refractivity contribution in [2.24, 2.45) is 0 Å². The van der Waals surface area contributed by atoms with Crippen molar-refractivity contribution in [3.05, 3.63) is 34.3 Å².